The fraction of sp³-hybridized carbons (Fsp3) is 0.467. The first kappa shape index (κ1) is 15.8. The van der Waals surface area contributed by atoms with Crippen molar-refractivity contribution in [2.24, 2.45) is 7.05 Å². The highest BCUT2D eigenvalue weighted by Crippen LogP contribution is 2.37. The summed E-state index contributed by atoms with van der Waals surface area (Å²) in [6.45, 7) is 1.76. The molecule has 1 atom stereocenters. The maximum Gasteiger partial charge on any atom is 0.418 e. The lowest BCUT2D eigenvalue weighted by molar-refractivity contribution is -0.137. The average molecular weight is 325 g/mol. The molecular formula is C15H18F3N5. The van der Waals surface area contributed by atoms with E-state index < -0.39 is 11.7 Å². The number of anilines is 1. The molecule has 124 valence electrons. The SMILES string of the molecule is Cn1nncc1CN[C@@H]1CCN(c2ccccc2C(F)(F)F)C1. The number of aromatic nitrogens is 3. The predicted molar refractivity (Wildman–Crippen MR) is 79.9 cm³/mol. The third kappa shape index (κ3) is 3.47. The minimum Gasteiger partial charge on any atom is -0.369 e. The number of halogens is 3. The van der Waals surface area contributed by atoms with Crippen LogP contribution in [-0.4, -0.2) is 34.1 Å². The second kappa shape index (κ2) is 6.19. The molecule has 0 saturated carbocycles. The molecule has 1 aromatic carbocycles. The van der Waals surface area contributed by atoms with Crippen LogP contribution in [0, 0.1) is 0 Å². The van der Waals surface area contributed by atoms with E-state index in [0.717, 1.165) is 18.2 Å². The minimum absolute atomic E-state index is 0.145. The molecule has 1 aliphatic heterocycles. The van der Waals surface area contributed by atoms with E-state index >= 15 is 0 Å². The van der Waals surface area contributed by atoms with E-state index in [1.165, 1.54) is 12.1 Å². The van der Waals surface area contributed by atoms with Crippen molar-refractivity contribution in [1.29, 1.82) is 0 Å². The number of aryl methyl sites for hydroxylation is 1. The summed E-state index contributed by atoms with van der Waals surface area (Å²) in [7, 11) is 1.81. The van der Waals surface area contributed by atoms with Crippen molar-refractivity contribution in [3.8, 4) is 0 Å². The van der Waals surface area contributed by atoms with Crippen LogP contribution in [0.5, 0.6) is 0 Å². The number of para-hydroxylation sites is 1. The molecule has 1 fully saturated rings. The maximum atomic E-state index is 13.1. The molecule has 23 heavy (non-hydrogen) atoms. The van der Waals surface area contributed by atoms with E-state index in [0.29, 0.717) is 19.6 Å². The molecule has 1 saturated heterocycles. The van der Waals surface area contributed by atoms with E-state index in [1.54, 1.807) is 21.8 Å². The lowest BCUT2D eigenvalue weighted by Gasteiger charge is -2.23. The molecule has 0 bridgehead atoms. The number of nitrogens with one attached hydrogen (secondary N) is 1. The first-order valence-electron chi connectivity index (χ1n) is 7.43. The van der Waals surface area contributed by atoms with Gasteiger partial charge in [0.2, 0.25) is 0 Å². The number of rotatable bonds is 4. The van der Waals surface area contributed by atoms with Gasteiger partial charge < -0.3 is 10.2 Å². The lowest BCUT2D eigenvalue weighted by Crippen LogP contribution is -2.33. The molecule has 0 spiro atoms. The van der Waals surface area contributed by atoms with Crippen molar-refractivity contribution in [3.63, 3.8) is 0 Å². The Morgan fingerprint density at radius 3 is 2.78 bits per heavy atom. The van der Waals surface area contributed by atoms with E-state index in [9.17, 15) is 13.2 Å². The largest absolute Gasteiger partial charge is 0.418 e. The Labute approximate surface area is 132 Å². The van der Waals surface area contributed by atoms with Gasteiger partial charge in [-0.3, -0.25) is 4.68 Å². The van der Waals surface area contributed by atoms with Gasteiger partial charge in [0.1, 0.15) is 0 Å². The third-order valence-electron chi connectivity index (χ3n) is 4.12. The second-order valence-corrected chi connectivity index (χ2v) is 5.68. The summed E-state index contributed by atoms with van der Waals surface area (Å²) in [6.07, 6.45) is -1.85. The number of benzene rings is 1. The van der Waals surface area contributed by atoms with Crippen LogP contribution < -0.4 is 10.2 Å². The van der Waals surface area contributed by atoms with Gasteiger partial charge in [-0.1, -0.05) is 17.3 Å². The third-order valence-corrected chi connectivity index (χ3v) is 4.12. The summed E-state index contributed by atoms with van der Waals surface area (Å²) in [4.78, 5) is 1.79. The Kier molecular flexibility index (Phi) is 4.25. The molecule has 5 nitrogen and oxygen atoms in total. The Balaban J connectivity index is 1.65. The van der Waals surface area contributed by atoms with E-state index in [4.69, 9.17) is 0 Å². The lowest BCUT2D eigenvalue weighted by atomic mass is 10.1. The van der Waals surface area contributed by atoms with Crippen LogP contribution in [0.2, 0.25) is 0 Å². The summed E-state index contributed by atoms with van der Waals surface area (Å²) >= 11 is 0. The van der Waals surface area contributed by atoms with Gasteiger partial charge in [-0.2, -0.15) is 13.2 Å². The zero-order valence-corrected chi connectivity index (χ0v) is 12.7. The monoisotopic (exact) mass is 325 g/mol. The van der Waals surface area contributed by atoms with Gasteiger partial charge in [0, 0.05) is 38.4 Å². The summed E-state index contributed by atoms with van der Waals surface area (Å²) < 4.78 is 41.0. The van der Waals surface area contributed by atoms with Crippen molar-refractivity contribution >= 4 is 5.69 Å². The van der Waals surface area contributed by atoms with Crippen molar-refractivity contribution < 1.29 is 13.2 Å². The highest BCUT2D eigenvalue weighted by atomic mass is 19.4. The molecule has 8 heteroatoms. The van der Waals surface area contributed by atoms with Gasteiger partial charge in [0.25, 0.3) is 0 Å². The summed E-state index contributed by atoms with van der Waals surface area (Å²) in [6, 6.07) is 5.89. The van der Waals surface area contributed by atoms with Crippen molar-refractivity contribution in [3.05, 3.63) is 41.7 Å². The van der Waals surface area contributed by atoms with Crippen molar-refractivity contribution in [2.75, 3.05) is 18.0 Å². The fourth-order valence-corrected chi connectivity index (χ4v) is 2.85. The first-order chi connectivity index (χ1) is 10.9. The molecule has 2 aromatic rings. The Morgan fingerprint density at radius 1 is 1.30 bits per heavy atom. The fourth-order valence-electron chi connectivity index (χ4n) is 2.85. The van der Waals surface area contributed by atoms with Gasteiger partial charge in [-0.15, -0.1) is 5.10 Å². The predicted octanol–water partition coefficient (Wildman–Crippen LogP) is 2.20. The Hall–Kier alpha value is -2.09. The molecule has 0 radical (unpaired) electrons. The topological polar surface area (TPSA) is 46.0 Å². The van der Waals surface area contributed by atoms with Gasteiger partial charge in [-0.25, -0.2) is 0 Å². The Bertz CT molecular complexity index is 667. The molecule has 3 rings (SSSR count). The van der Waals surface area contributed by atoms with Crippen LogP contribution in [0.25, 0.3) is 0 Å². The molecular weight excluding hydrogens is 307 g/mol. The van der Waals surface area contributed by atoms with Gasteiger partial charge >= 0.3 is 6.18 Å². The number of nitrogens with zero attached hydrogens (tertiary/aromatic N) is 4. The number of hydrogen-bond acceptors (Lipinski definition) is 4. The van der Waals surface area contributed by atoms with Crippen LogP contribution in [0.1, 0.15) is 17.7 Å². The minimum atomic E-state index is -4.33. The van der Waals surface area contributed by atoms with E-state index in [1.807, 2.05) is 7.05 Å². The molecule has 0 amide bonds. The van der Waals surface area contributed by atoms with Crippen molar-refractivity contribution in [1.82, 2.24) is 20.3 Å². The second-order valence-electron chi connectivity index (χ2n) is 5.68. The quantitative estimate of drug-likeness (QED) is 0.936. The average Bonchev–Trinajstić information content (AvgIpc) is 3.13. The normalized spacial score (nSPS) is 18.6. The molecule has 0 unspecified atom stereocenters. The number of hydrogen-bond donors (Lipinski definition) is 1. The number of alkyl halides is 3. The van der Waals surface area contributed by atoms with Crippen molar-refractivity contribution in [2.45, 2.75) is 25.2 Å². The summed E-state index contributed by atoms with van der Waals surface area (Å²) in [5.41, 5.74) is 0.627. The molecule has 0 aliphatic carbocycles. The van der Waals surface area contributed by atoms with Crippen LogP contribution in [0.3, 0.4) is 0 Å². The van der Waals surface area contributed by atoms with E-state index in [2.05, 4.69) is 15.6 Å². The van der Waals surface area contributed by atoms with Gasteiger partial charge in [-0.05, 0) is 18.6 Å². The zero-order valence-electron chi connectivity index (χ0n) is 12.7. The summed E-state index contributed by atoms with van der Waals surface area (Å²) in [5, 5.41) is 11.0. The smallest absolute Gasteiger partial charge is 0.369 e. The molecule has 2 heterocycles. The standard InChI is InChI=1S/C15H18F3N5/c1-22-12(9-20-21-22)8-19-11-6-7-23(10-11)14-5-3-2-4-13(14)15(16,17)18/h2-5,9,11,19H,6-8,10H2,1H3/t11-/m1/s1. The zero-order chi connectivity index (χ0) is 16.4. The van der Waals surface area contributed by atoms with Crippen LogP contribution in [0.4, 0.5) is 18.9 Å². The molecule has 1 aromatic heterocycles. The Morgan fingerprint density at radius 2 is 2.09 bits per heavy atom. The van der Waals surface area contributed by atoms with Crippen LogP contribution >= 0.6 is 0 Å². The van der Waals surface area contributed by atoms with Crippen LogP contribution in [0.15, 0.2) is 30.5 Å². The van der Waals surface area contributed by atoms with Gasteiger partial charge in [0.15, 0.2) is 0 Å². The van der Waals surface area contributed by atoms with Gasteiger partial charge in [0.05, 0.1) is 17.5 Å². The summed E-state index contributed by atoms with van der Waals surface area (Å²) in [5.74, 6) is 0. The first-order valence-corrected chi connectivity index (χ1v) is 7.43. The van der Waals surface area contributed by atoms with Crippen LogP contribution in [-0.2, 0) is 19.8 Å². The highest BCUT2D eigenvalue weighted by molar-refractivity contribution is 5.55. The molecule has 1 N–H and O–H groups in total. The van der Waals surface area contributed by atoms with E-state index in [-0.39, 0.29) is 11.7 Å². The maximum absolute atomic E-state index is 13.1. The molecule has 1 aliphatic rings. The highest BCUT2D eigenvalue weighted by Gasteiger charge is 2.36.